The normalized spacial score (nSPS) is 13.3. The average molecular weight is 638 g/mol. The van der Waals surface area contributed by atoms with Gasteiger partial charge in [0.2, 0.25) is 5.05 Å². The Morgan fingerprint density at radius 1 is 1.14 bits per heavy atom. The number of fused-ring (bicyclic) bond motifs is 3. The molecule has 230 valence electrons. The van der Waals surface area contributed by atoms with Crippen LogP contribution in [0.15, 0.2) is 22.1 Å². The summed E-state index contributed by atoms with van der Waals surface area (Å²) in [4.78, 5) is 15.2. The number of unbranched alkanes of at least 4 members (excludes halogenated alkanes) is 3. The van der Waals surface area contributed by atoms with Crippen molar-refractivity contribution >= 4 is 57.4 Å². The molecular weight excluding hydrogens is 598 g/mol. The number of alkyl halides is 1. The molecule has 0 saturated heterocycles. The van der Waals surface area contributed by atoms with E-state index in [9.17, 15) is 10.1 Å². The standard InChI is InChI=1S/C30H40ClN3O6S2/c1-30(2)23-18-22(17-21(20-32)28(41)36-4)40-26(23)27-24(30)19-25(42-27)34(3)11-14-39-29(35)33-10-13-38-16-15-37-12-8-6-5-7-9-31/h17-19H,5-16H2,1-4H3,(H,33,35)/b21-17+. The number of thiophene rings is 1. The number of nitrogens with one attached hydrogen (secondary N) is 1. The van der Waals surface area contributed by atoms with Crippen LogP contribution in [0.3, 0.4) is 0 Å². The van der Waals surface area contributed by atoms with E-state index in [0.29, 0.717) is 38.7 Å². The van der Waals surface area contributed by atoms with Gasteiger partial charge in [-0.1, -0.05) is 26.7 Å². The van der Waals surface area contributed by atoms with Crippen LogP contribution in [0.4, 0.5) is 9.80 Å². The summed E-state index contributed by atoms with van der Waals surface area (Å²) in [5.74, 6) is 2.07. The van der Waals surface area contributed by atoms with Crippen molar-refractivity contribution < 1.29 is 28.2 Å². The van der Waals surface area contributed by atoms with Gasteiger partial charge >= 0.3 is 6.09 Å². The highest BCUT2D eigenvalue weighted by molar-refractivity contribution is 7.80. The number of hydrogen-bond donors (Lipinski definition) is 1. The largest absolute Gasteiger partial charge is 0.486 e. The maximum Gasteiger partial charge on any atom is 0.407 e. The van der Waals surface area contributed by atoms with Crippen LogP contribution in [-0.4, -0.2) is 77.3 Å². The number of halogens is 1. The van der Waals surface area contributed by atoms with E-state index in [4.69, 9.17) is 47.2 Å². The Balaban J connectivity index is 1.39. The molecule has 0 radical (unpaired) electrons. The van der Waals surface area contributed by atoms with Gasteiger partial charge in [-0.05, 0) is 42.8 Å². The van der Waals surface area contributed by atoms with Crippen molar-refractivity contribution in [2.45, 2.75) is 44.9 Å². The van der Waals surface area contributed by atoms with E-state index in [1.165, 1.54) is 12.7 Å². The predicted molar refractivity (Wildman–Crippen MR) is 171 cm³/mol. The second-order valence-electron chi connectivity index (χ2n) is 10.3. The summed E-state index contributed by atoms with van der Waals surface area (Å²) in [5.41, 5.74) is 2.22. The van der Waals surface area contributed by atoms with E-state index < -0.39 is 6.09 Å². The zero-order chi connectivity index (χ0) is 30.5. The highest BCUT2D eigenvalue weighted by Crippen LogP contribution is 2.55. The van der Waals surface area contributed by atoms with Crippen LogP contribution >= 0.6 is 35.2 Å². The third kappa shape index (κ3) is 9.19. The molecule has 2 aromatic heterocycles. The van der Waals surface area contributed by atoms with Crippen LogP contribution < -0.4 is 10.2 Å². The Morgan fingerprint density at radius 3 is 2.60 bits per heavy atom. The number of furan rings is 1. The first-order chi connectivity index (χ1) is 20.2. The molecule has 1 N–H and O–H groups in total. The molecular formula is C30H40ClN3O6S2. The third-order valence-electron chi connectivity index (χ3n) is 6.93. The van der Waals surface area contributed by atoms with Gasteiger partial charge < -0.3 is 33.6 Å². The number of nitriles is 1. The number of ether oxygens (including phenoxy) is 4. The lowest BCUT2D eigenvalue weighted by Gasteiger charge is -2.20. The van der Waals surface area contributed by atoms with Gasteiger partial charge in [-0.15, -0.1) is 22.9 Å². The number of alkyl carbamates (subject to hydrolysis) is 1. The molecule has 3 rings (SSSR count). The van der Waals surface area contributed by atoms with E-state index in [1.54, 1.807) is 17.4 Å². The summed E-state index contributed by atoms with van der Waals surface area (Å²) in [6.45, 7) is 7.61. The SMILES string of the molecule is COC(=S)/C(C#N)=C/c1cc2c(o1)-c1sc(N(C)CCOC(=O)NCCOCCOCCCCCCCl)cc1C2(C)C. The zero-order valence-corrected chi connectivity index (χ0v) is 27.1. The number of methoxy groups -OCH3 is 1. The van der Waals surface area contributed by atoms with Gasteiger partial charge in [-0.3, -0.25) is 0 Å². The van der Waals surface area contributed by atoms with E-state index in [2.05, 4.69) is 36.2 Å². The van der Waals surface area contributed by atoms with Crippen LogP contribution in [0.25, 0.3) is 16.7 Å². The number of rotatable bonds is 18. The molecule has 9 nitrogen and oxygen atoms in total. The van der Waals surface area contributed by atoms with Crippen LogP contribution in [0.5, 0.6) is 0 Å². The lowest BCUT2D eigenvalue weighted by atomic mass is 9.84. The highest BCUT2D eigenvalue weighted by atomic mass is 35.5. The molecule has 0 saturated carbocycles. The topological polar surface area (TPSA) is 106 Å². The summed E-state index contributed by atoms with van der Waals surface area (Å²) < 4.78 is 27.6. The van der Waals surface area contributed by atoms with Crippen LogP contribution in [-0.2, 0) is 24.4 Å². The van der Waals surface area contributed by atoms with Crippen LogP contribution in [0, 0.1) is 11.3 Å². The Kier molecular flexibility index (Phi) is 13.6. The number of hydrogen-bond acceptors (Lipinski definition) is 10. The van der Waals surface area contributed by atoms with Gasteiger partial charge in [0.1, 0.15) is 29.8 Å². The molecule has 1 aliphatic rings. The lowest BCUT2D eigenvalue weighted by molar-refractivity contribution is 0.0469. The van der Waals surface area contributed by atoms with Crippen molar-refractivity contribution in [3.05, 3.63) is 34.6 Å². The first-order valence-corrected chi connectivity index (χ1v) is 15.8. The molecule has 0 unspecified atom stereocenters. The average Bonchev–Trinajstić information content (AvgIpc) is 3.65. The molecule has 2 aromatic rings. The number of carbonyl (C=O) groups is 1. The molecule has 0 aliphatic heterocycles. The fraction of sp³-hybridized carbons (Fsp3) is 0.567. The van der Waals surface area contributed by atoms with Gasteiger partial charge in [0, 0.05) is 43.1 Å². The molecule has 0 bridgehead atoms. The van der Waals surface area contributed by atoms with E-state index in [1.807, 2.05) is 13.1 Å². The maximum absolute atomic E-state index is 12.1. The number of nitrogens with zero attached hydrogens (tertiary/aromatic N) is 2. The minimum absolute atomic E-state index is 0.125. The van der Waals surface area contributed by atoms with Crippen molar-refractivity contribution in [3.8, 4) is 16.7 Å². The fourth-order valence-electron chi connectivity index (χ4n) is 4.48. The Morgan fingerprint density at radius 2 is 1.88 bits per heavy atom. The Hall–Kier alpha value is -2.62. The number of carbonyl (C=O) groups excluding carboxylic acids is 1. The zero-order valence-electron chi connectivity index (χ0n) is 24.8. The van der Waals surface area contributed by atoms with Crippen molar-refractivity contribution in [2.75, 3.05) is 71.1 Å². The molecule has 0 atom stereocenters. The summed E-state index contributed by atoms with van der Waals surface area (Å²) in [7, 11) is 3.40. The van der Waals surface area contributed by atoms with Crippen LogP contribution in [0.2, 0.25) is 0 Å². The van der Waals surface area contributed by atoms with Crippen LogP contribution in [0.1, 0.15) is 56.4 Å². The first kappa shape index (κ1) is 33.9. The summed E-state index contributed by atoms with van der Waals surface area (Å²) >= 11 is 12.4. The fourth-order valence-corrected chi connectivity index (χ4v) is 6.08. The van der Waals surface area contributed by atoms with E-state index in [-0.39, 0.29) is 22.6 Å². The van der Waals surface area contributed by atoms with Gasteiger partial charge in [-0.25, -0.2) is 4.79 Å². The van der Waals surface area contributed by atoms with E-state index in [0.717, 1.165) is 59.4 Å². The summed E-state index contributed by atoms with van der Waals surface area (Å²) in [6, 6.07) is 6.18. The second kappa shape index (κ2) is 16.9. The van der Waals surface area contributed by atoms with E-state index >= 15 is 0 Å². The molecule has 42 heavy (non-hydrogen) atoms. The maximum atomic E-state index is 12.1. The lowest BCUT2D eigenvalue weighted by Crippen LogP contribution is -2.31. The predicted octanol–water partition coefficient (Wildman–Crippen LogP) is 6.52. The molecule has 0 aromatic carbocycles. The second-order valence-corrected chi connectivity index (χ2v) is 12.1. The van der Waals surface area contributed by atoms with Gasteiger partial charge in [-0.2, -0.15) is 5.26 Å². The Bertz CT molecular complexity index is 1270. The summed E-state index contributed by atoms with van der Waals surface area (Å²) in [6.07, 6.45) is 5.49. The van der Waals surface area contributed by atoms with Crippen molar-refractivity contribution in [1.29, 1.82) is 5.26 Å². The highest BCUT2D eigenvalue weighted by Gasteiger charge is 2.41. The molecule has 0 spiro atoms. The molecule has 1 amide bonds. The van der Waals surface area contributed by atoms with Gasteiger partial charge in [0.05, 0.1) is 43.4 Å². The quantitative estimate of drug-likeness (QED) is 0.0642. The molecule has 0 fully saturated rings. The van der Waals surface area contributed by atoms with Crippen molar-refractivity contribution in [3.63, 3.8) is 0 Å². The first-order valence-electron chi connectivity index (χ1n) is 14.0. The van der Waals surface area contributed by atoms with Gasteiger partial charge in [0.25, 0.3) is 0 Å². The third-order valence-corrected chi connectivity index (χ3v) is 8.83. The summed E-state index contributed by atoms with van der Waals surface area (Å²) in [5, 5.41) is 13.3. The number of likely N-dealkylation sites (N-methyl/N-ethyl adjacent to an activating group) is 1. The van der Waals surface area contributed by atoms with Gasteiger partial charge in [0.15, 0.2) is 0 Å². The molecule has 12 heteroatoms. The molecule has 2 heterocycles. The van der Waals surface area contributed by atoms with Crippen molar-refractivity contribution in [1.82, 2.24) is 5.32 Å². The van der Waals surface area contributed by atoms with Crippen molar-refractivity contribution in [2.24, 2.45) is 0 Å². The number of thiocarbonyl (C=S) groups is 1. The minimum atomic E-state index is -0.472. The smallest absolute Gasteiger partial charge is 0.407 e. The molecule has 1 aliphatic carbocycles. The minimum Gasteiger partial charge on any atom is -0.486 e. The Labute approximate surface area is 262 Å². The monoisotopic (exact) mass is 637 g/mol. The number of anilines is 1. The number of amides is 1.